The van der Waals surface area contributed by atoms with Crippen molar-refractivity contribution in [3.63, 3.8) is 0 Å². The number of hydrogen-bond acceptors (Lipinski definition) is 6. The molecule has 9 nitrogen and oxygen atoms in total. The molecular weight excluding hydrogens is 424 g/mol. The van der Waals surface area contributed by atoms with Gasteiger partial charge in [0.15, 0.2) is 5.13 Å². The van der Waals surface area contributed by atoms with Gasteiger partial charge >= 0.3 is 0 Å². The molecule has 0 saturated heterocycles. The maximum atomic E-state index is 12.8. The van der Waals surface area contributed by atoms with Crippen LogP contribution in [0.4, 0.5) is 5.13 Å². The van der Waals surface area contributed by atoms with E-state index in [4.69, 9.17) is 0 Å². The lowest BCUT2D eigenvalue weighted by atomic mass is 10.1. The fourth-order valence-corrected chi connectivity index (χ4v) is 5.42. The zero-order valence-electron chi connectivity index (χ0n) is 16.9. The highest BCUT2D eigenvalue weighted by molar-refractivity contribution is 7.86. The second-order valence-electron chi connectivity index (χ2n) is 7.12. The first-order valence-electron chi connectivity index (χ1n) is 9.32. The van der Waals surface area contributed by atoms with Gasteiger partial charge in [0.05, 0.1) is 17.9 Å². The Morgan fingerprint density at radius 3 is 2.67 bits per heavy atom. The Balaban J connectivity index is 1.51. The van der Waals surface area contributed by atoms with Crippen LogP contribution in [-0.2, 0) is 30.2 Å². The number of benzene rings is 1. The summed E-state index contributed by atoms with van der Waals surface area (Å²) in [4.78, 5) is 18.1. The van der Waals surface area contributed by atoms with Crippen molar-refractivity contribution in [2.75, 3.05) is 26.0 Å². The van der Waals surface area contributed by atoms with E-state index in [9.17, 15) is 13.2 Å². The van der Waals surface area contributed by atoms with E-state index in [0.29, 0.717) is 29.5 Å². The van der Waals surface area contributed by atoms with Crippen LogP contribution in [0.1, 0.15) is 21.1 Å². The predicted molar refractivity (Wildman–Crippen MR) is 115 cm³/mol. The van der Waals surface area contributed by atoms with Crippen molar-refractivity contribution >= 4 is 32.6 Å². The van der Waals surface area contributed by atoms with E-state index >= 15 is 0 Å². The van der Waals surface area contributed by atoms with Gasteiger partial charge in [0, 0.05) is 44.5 Å². The average molecular weight is 447 g/mol. The number of carbonyl (C=O) groups excluding carboxylic acids is 1. The highest BCUT2D eigenvalue weighted by atomic mass is 32.2. The fraction of sp³-hybridized carbons (Fsp3) is 0.316. The smallest absolute Gasteiger partial charge is 0.281 e. The summed E-state index contributed by atoms with van der Waals surface area (Å²) in [5, 5.41) is 7.70. The molecule has 1 N–H and O–H groups in total. The van der Waals surface area contributed by atoms with Gasteiger partial charge in [-0.05, 0) is 6.07 Å². The lowest BCUT2D eigenvalue weighted by Gasteiger charge is -2.27. The zero-order chi connectivity index (χ0) is 21.5. The number of thiazole rings is 1. The molecule has 0 atom stereocenters. The molecule has 11 heteroatoms. The summed E-state index contributed by atoms with van der Waals surface area (Å²) >= 11 is 1.30. The van der Waals surface area contributed by atoms with Gasteiger partial charge in [-0.2, -0.15) is 22.1 Å². The topological polar surface area (TPSA) is 100 Å². The van der Waals surface area contributed by atoms with Crippen LogP contribution in [0.3, 0.4) is 0 Å². The van der Waals surface area contributed by atoms with Crippen LogP contribution >= 0.6 is 11.3 Å². The molecule has 0 radical (unpaired) electrons. The molecule has 1 aliphatic heterocycles. The SMILES string of the molecule is CN(C)S(=O)(=O)N1CCc2nc(NC(=O)c3cc(-c4ccccc4)nn3C)sc2C1. The first-order valence-corrected chi connectivity index (χ1v) is 11.5. The van der Waals surface area contributed by atoms with Crippen molar-refractivity contribution in [2.24, 2.45) is 7.05 Å². The second-order valence-corrected chi connectivity index (χ2v) is 10.3. The third kappa shape index (κ3) is 3.88. The van der Waals surface area contributed by atoms with Crippen LogP contribution in [0, 0.1) is 0 Å². The molecule has 3 aromatic rings. The van der Waals surface area contributed by atoms with Gasteiger partial charge in [0.25, 0.3) is 16.1 Å². The average Bonchev–Trinajstić information content (AvgIpc) is 3.30. The quantitative estimate of drug-likeness (QED) is 0.646. The standard InChI is InChI=1S/C19H22N6O3S2/c1-23(2)30(27,28)25-10-9-14-17(12-25)29-19(20-14)21-18(26)16-11-15(22-24(16)3)13-7-5-4-6-8-13/h4-8,11H,9-10,12H2,1-3H3,(H,20,21,26). The molecule has 1 amide bonds. The molecule has 0 spiro atoms. The van der Waals surface area contributed by atoms with Crippen LogP contribution in [0.25, 0.3) is 11.3 Å². The van der Waals surface area contributed by atoms with Crippen molar-refractivity contribution in [1.29, 1.82) is 0 Å². The van der Waals surface area contributed by atoms with Gasteiger partial charge in [-0.15, -0.1) is 11.3 Å². The van der Waals surface area contributed by atoms with Crippen LogP contribution in [0.5, 0.6) is 0 Å². The Hall–Kier alpha value is -2.60. The molecule has 0 aliphatic carbocycles. The molecule has 3 heterocycles. The van der Waals surface area contributed by atoms with Crippen molar-refractivity contribution in [3.8, 4) is 11.3 Å². The highest BCUT2D eigenvalue weighted by Gasteiger charge is 2.30. The maximum Gasteiger partial charge on any atom is 0.281 e. The third-order valence-corrected chi connectivity index (χ3v) is 7.77. The molecule has 1 aromatic carbocycles. The van der Waals surface area contributed by atoms with Crippen LogP contribution in [0.2, 0.25) is 0 Å². The van der Waals surface area contributed by atoms with Gasteiger partial charge in [-0.3, -0.25) is 14.8 Å². The van der Waals surface area contributed by atoms with E-state index in [1.54, 1.807) is 13.1 Å². The maximum absolute atomic E-state index is 12.8. The first-order chi connectivity index (χ1) is 14.3. The van der Waals surface area contributed by atoms with E-state index in [1.807, 2.05) is 30.3 Å². The summed E-state index contributed by atoms with van der Waals surface area (Å²) in [6.45, 7) is 0.625. The molecule has 1 aliphatic rings. The molecule has 30 heavy (non-hydrogen) atoms. The van der Waals surface area contributed by atoms with E-state index in [-0.39, 0.29) is 12.5 Å². The van der Waals surface area contributed by atoms with E-state index in [2.05, 4.69) is 15.4 Å². The Kier molecular flexibility index (Phi) is 5.45. The summed E-state index contributed by atoms with van der Waals surface area (Å²) in [5.41, 5.74) is 2.89. The minimum Gasteiger partial charge on any atom is -0.296 e. The van der Waals surface area contributed by atoms with Crippen LogP contribution in [0.15, 0.2) is 36.4 Å². The lowest BCUT2D eigenvalue weighted by molar-refractivity contribution is 0.101. The number of nitrogens with one attached hydrogen (secondary N) is 1. The van der Waals surface area contributed by atoms with Crippen molar-refractivity contribution in [1.82, 2.24) is 23.4 Å². The predicted octanol–water partition coefficient (Wildman–Crippen LogP) is 1.96. The number of carbonyl (C=O) groups is 1. The normalized spacial score (nSPS) is 14.7. The minimum absolute atomic E-state index is 0.257. The number of hydrogen-bond donors (Lipinski definition) is 1. The number of nitrogens with zero attached hydrogens (tertiary/aromatic N) is 5. The zero-order valence-corrected chi connectivity index (χ0v) is 18.5. The molecule has 158 valence electrons. The number of aromatic nitrogens is 3. The van der Waals surface area contributed by atoms with E-state index in [1.165, 1.54) is 38.7 Å². The van der Waals surface area contributed by atoms with E-state index in [0.717, 1.165) is 16.1 Å². The van der Waals surface area contributed by atoms with Crippen molar-refractivity contribution in [3.05, 3.63) is 52.7 Å². The highest BCUT2D eigenvalue weighted by Crippen LogP contribution is 2.30. The second kappa shape index (κ2) is 7.91. The van der Waals surface area contributed by atoms with Crippen LogP contribution in [-0.4, -0.2) is 58.3 Å². The number of fused-ring (bicyclic) bond motifs is 1. The summed E-state index contributed by atoms with van der Waals surface area (Å²) in [6, 6.07) is 11.4. The Labute approximate surface area is 179 Å². The fourth-order valence-electron chi connectivity index (χ4n) is 3.24. The largest absolute Gasteiger partial charge is 0.296 e. The summed E-state index contributed by atoms with van der Waals surface area (Å²) in [5.74, 6) is -0.309. The summed E-state index contributed by atoms with van der Waals surface area (Å²) < 4.78 is 28.9. The Bertz CT molecular complexity index is 1180. The first kappa shape index (κ1) is 20.7. The van der Waals surface area contributed by atoms with Gasteiger partial charge in [-0.1, -0.05) is 30.3 Å². The molecule has 0 saturated carbocycles. The van der Waals surface area contributed by atoms with Gasteiger partial charge in [0.1, 0.15) is 5.69 Å². The van der Waals surface area contributed by atoms with Gasteiger partial charge in [-0.25, -0.2) is 4.98 Å². The van der Waals surface area contributed by atoms with Crippen molar-refractivity contribution < 1.29 is 13.2 Å². The Morgan fingerprint density at radius 1 is 1.23 bits per heavy atom. The monoisotopic (exact) mass is 446 g/mol. The number of aryl methyl sites for hydroxylation is 1. The Morgan fingerprint density at radius 2 is 1.97 bits per heavy atom. The summed E-state index contributed by atoms with van der Waals surface area (Å²) in [6.07, 6.45) is 0.513. The van der Waals surface area contributed by atoms with Gasteiger partial charge < -0.3 is 0 Å². The molecule has 0 unspecified atom stereocenters. The van der Waals surface area contributed by atoms with E-state index < -0.39 is 10.2 Å². The molecular formula is C19H22N6O3S2. The molecule has 4 rings (SSSR count). The van der Waals surface area contributed by atoms with Gasteiger partial charge in [0.2, 0.25) is 0 Å². The molecule has 0 fully saturated rings. The number of rotatable bonds is 5. The van der Waals surface area contributed by atoms with Crippen molar-refractivity contribution in [2.45, 2.75) is 13.0 Å². The third-order valence-electron chi connectivity index (χ3n) is 4.89. The molecule has 2 aromatic heterocycles. The lowest BCUT2D eigenvalue weighted by Crippen LogP contribution is -2.42. The minimum atomic E-state index is -3.48. The van der Waals surface area contributed by atoms with Crippen LogP contribution < -0.4 is 5.32 Å². The summed E-state index contributed by atoms with van der Waals surface area (Å²) in [7, 11) is 1.27. The number of amides is 1. The molecule has 0 bridgehead atoms. The number of anilines is 1.